The second-order valence-corrected chi connectivity index (χ2v) is 5.62. The Morgan fingerprint density at radius 3 is 2.90 bits per heavy atom. The van der Waals surface area contributed by atoms with Crippen LogP contribution in [0.2, 0.25) is 0 Å². The fraction of sp³-hybridized carbons (Fsp3) is 0.412. The van der Waals surface area contributed by atoms with Crippen LogP contribution in [0.25, 0.3) is 11.3 Å². The van der Waals surface area contributed by atoms with Gasteiger partial charge in [0.2, 0.25) is 0 Å². The third-order valence-electron chi connectivity index (χ3n) is 4.08. The van der Waals surface area contributed by atoms with Crippen molar-refractivity contribution in [2.45, 2.75) is 18.8 Å². The average Bonchev–Trinajstić information content (AvgIpc) is 2.55. The Morgan fingerprint density at radius 2 is 2.10 bits per heavy atom. The quantitative estimate of drug-likeness (QED) is 0.868. The smallest absolute Gasteiger partial charge is 0.119 e. The van der Waals surface area contributed by atoms with Crippen molar-refractivity contribution >= 4 is 0 Å². The van der Waals surface area contributed by atoms with Gasteiger partial charge in [0.1, 0.15) is 5.75 Å². The Balaban J connectivity index is 1.98. The first-order chi connectivity index (χ1) is 10.3. The van der Waals surface area contributed by atoms with Crippen molar-refractivity contribution in [2.24, 2.45) is 0 Å². The van der Waals surface area contributed by atoms with Crippen LogP contribution >= 0.6 is 0 Å². The van der Waals surface area contributed by atoms with Crippen LogP contribution in [-0.4, -0.2) is 42.1 Å². The molecule has 0 bridgehead atoms. The lowest BCUT2D eigenvalue weighted by Gasteiger charge is -2.30. The molecule has 110 valence electrons. The number of hydrogen-bond donors (Lipinski definition) is 0. The number of piperidine rings is 1. The molecular weight excluding hydrogens is 262 g/mol. The maximum absolute atomic E-state index is 5.32. The summed E-state index contributed by atoms with van der Waals surface area (Å²) < 4.78 is 5.32. The summed E-state index contributed by atoms with van der Waals surface area (Å²) in [7, 11) is 3.86. The zero-order valence-corrected chi connectivity index (χ0v) is 12.6. The Labute approximate surface area is 125 Å². The first kappa shape index (κ1) is 14.0. The summed E-state index contributed by atoms with van der Waals surface area (Å²) >= 11 is 0. The molecule has 0 amide bonds. The average molecular weight is 283 g/mol. The summed E-state index contributed by atoms with van der Waals surface area (Å²) in [6, 6.07) is 8.05. The standard InChI is InChI=1S/C17H21N3O/c1-20-10-4-6-14(12-20)17-16(18-8-9-19-17)13-5-3-7-15(11-13)21-2/h3,5,7-9,11,14H,4,6,10,12H2,1-2H3. The monoisotopic (exact) mass is 283 g/mol. The minimum atomic E-state index is 0.457. The van der Waals surface area contributed by atoms with Gasteiger partial charge in [-0.25, -0.2) is 0 Å². The highest BCUT2D eigenvalue weighted by Gasteiger charge is 2.23. The maximum Gasteiger partial charge on any atom is 0.119 e. The number of nitrogens with zero attached hydrogens (tertiary/aromatic N) is 3. The SMILES string of the molecule is COc1cccc(-c2nccnc2C2CCCN(C)C2)c1. The van der Waals surface area contributed by atoms with E-state index in [0.717, 1.165) is 29.2 Å². The van der Waals surface area contributed by atoms with Crippen LogP contribution in [0.4, 0.5) is 0 Å². The summed E-state index contributed by atoms with van der Waals surface area (Å²) in [4.78, 5) is 11.6. The van der Waals surface area contributed by atoms with Gasteiger partial charge in [0.25, 0.3) is 0 Å². The second-order valence-electron chi connectivity index (χ2n) is 5.62. The van der Waals surface area contributed by atoms with Gasteiger partial charge in [-0.05, 0) is 38.6 Å². The minimum absolute atomic E-state index is 0.457. The number of hydrogen-bond acceptors (Lipinski definition) is 4. The number of aromatic nitrogens is 2. The van der Waals surface area contributed by atoms with Crippen molar-refractivity contribution < 1.29 is 4.74 Å². The largest absolute Gasteiger partial charge is 0.497 e. The number of ether oxygens (including phenoxy) is 1. The van der Waals surface area contributed by atoms with Crippen molar-refractivity contribution in [2.75, 3.05) is 27.2 Å². The molecule has 1 fully saturated rings. The molecule has 1 unspecified atom stereocenters. The van der Waals surface area contributed by atoms with Gasteiger partial charge in [-0.1, -0.05) is 12.1 Å². The first-order valence-corrected chi connectivity index (χ1v) is 7.42. The van der Waals surface area contributed by atoms with Gasteiger partial charge in [-0.15, -0.1) is 0 Å². The van der Waals surface area contributed by atoms with E-state index in [0.29, 0.717) is 5.92 Å². The lowest BCUT2D eigenvalue weighted by molar-refractivity contribution is 0.248. The van der Waals surface area contributed by atoms with Gasteiger partial charge >= 0.3 is 0 Å². The van der Waals surface area contributed by atoms with E-state index < -0.39 is 0 Å². The van der Waals surface area contributed by atoms with Crippen molar-refractivity contribution in [3.63, 3.8) is 0 Å². The van der Waals surface area contributed by atoms with Crippen LogP contribution in [0.1, 0.15) is 24.5 Å². The fourth-order valence-electron chi connectivity index (χ4n) is 3.03. The molecule has 2 aromatic rings. The van der Waals surface area contributed by atoms with Crippen LogP contribution < -0.4 is 4.74 Å². The number of methoxy groups -OCH3 is 1. The third kappa shape index (κ3) is 3.05. The molecule has 1 aliphatic heterocycles. The van der Waals surface area contributed by atoms with Crippen molar-refractivity contribution in [1.29, 1.82) is 0 Å². The minimum Gasteiger partial charge on any atom is -0.497 e. The van der Waals surface area contributed by atoms with Crippen molar-refractivity contribution in [1.82, 2.24) is 14.9 Å². The second kappa shape index (κ2) is 6.22. The van der Waals surface area contributed by atoms with E-state index in [1.807, 2.05) is 18.2 Å². The molecule has 4 heteroatoms. The first-order valence-electron chi connectivity index (χ1n) is 7.42. The van der Waals surface area contributed by atoms with Gasteiger partial charge in [0.15, 0.2) is 0 Å². The molecule has 1 aliphatic rings. The van der Waals surface area contributed by atoms with Crippen LogP contribution in [0.5, 0.6) is 5.75 Å². The van der Waals surface area contributed by atoms with E-state index in [2.05, 4.69) is 28.0 Å². The van der Waals surface area contributed by atoms with Gasteiger partial charge in [0, 0.05) is 30.4 Å². The van der Waals surface area contributed by atoms with Crippen LogP contribution in [0.15, 0.2) is 36.7 Å². The highest BCUT2D eigenvalue weighted by atomic mass is 16.5. The molecule has 2 heterocycles. The van der Waals surface area contributed by atoms with E-state index >= 15 is 0 Å². The molecule has 4 nitrogen and oxygen atoms in total. The van der Waals surface area contributed by atoms with Gasteiger partial charge in [0.05, 0.1) is 18.5 Å². The highest BCUT2D eigenvalue weighted by Crippen LogP contribution is 2.32. The van der Waals surface area contributed by atoms with Gasteiger partial charge < -0.3 is 9.64 Å². The number of benzene rings is 1. The fourth-order valence-corrected chi connectivity index (χ4v) is 3.03. The van der Waals surface area contributed by atoms with Gasteiger partial charge in [-0.2, -0.15) is 0 Å². The Kier molecular flexibility index (Phi) is 4.15. The summed E-state index contributed by atoms with van der Waals surface area (Å²) in [6.07, 6.45) is 5.97. The number of likely N-dealkylation sites (N-methyl/N-ethyl adjacent to an activating group) is 1. The molecular formula is C17H21N3O. The van der Waals surface area contributed by atoms with Crippen LogP contribution in [-0.2, 0) is 0 Å². The molecule has 1 saturated heterocycles. The summed E-state index contributed by atoms with van der Waals surface area (Å²) in [5.41, 5.74) is 3.17. The topological polar surface area (TPSA) is 38.3 Å². The van der Waals surface area contributed by atoms with Crippen molar-refractivity contribution in [3.05, 3.63) is 42.4 Å². The Hall–Kier alpha value is -1.94. The molecule has 0 aliphatic carbocycles. The zero-order valence-electron chi connectivity index (χ0n) is 12.6. The molecule has 0 spiro atoms. The molecule has 1 aromatic carbocycles. The van der Waals surface area contributed by atoms with E-state index in [9.17, 15) is 0 Å². The summed E-state index contributed by atoms with van der Waals surface area (Å²) in [5.74, 6) is 1.31. The van der Waals surface area contributed by atoms with E-state index in [-0.39, 0.29) is 0 Å². The summed E-state index contributed by atoms with van der Waals surface area (Å²) in [5, 5.41) is 0. The Morgan fingerprint density at radius 1 is 1.24 bits per heavy atom. The molecule has 21 heavy (non-hydrogen) atoms. The van der Waals surface area contributed by atoms with Crippen molar-refractivity contribution in [3.8, 4) is 17.0 Å². The predicted octanol–water partition coefficient (Wildman–Crippen LogP) is 2.96. The van der Waals surface area contributed by atoms with Crippen LogP contribution in [0.3, 0.4) is 0 Å². The maximum atomic E-state index is 5.32. The molecule has 0 saturated carbocycles. The Bertz CT molecular complexity index is 614. The third-order valence-corrected chi connectivity index (χ3v) is 4.08. The molecule has 0 N–H and O–H groups in total. The van der Waals surface area contributed by atoms with E-state index in [1.54, 1.807) is 19.5 Å². The molecule has 0 radical (unpaired) electrons. The zero-order chi connectivity index (χ0) is 14.7. The molecule has 1 aromatic heterocycles. The predicted molar refractivity (Wildman–Crippen MR) is 83.5 cm³/mol. The normalized spacial score (nSPS) is 19.4. The summed E-state index contributed by atoms with van der Waals surface area (Å²) in [6.45, 7) is 2.22. The molecule has 1 atom stereocenters. The molecule has 3 rings (SSSR count). The van der Waals surface area contributed by atoms with E-state index in [1.165, 1.54) is 19.4 Å². The lowest BCUT2D eigenvalue weighted by atomic mass is 9.92. The highest BCUT2D eigenvalue weighted by molar-refractivity contribution is 5.64. The number of rotatable bonds is 3. The van der Waals surface area contributed by atoms with Gasteiger partial charge in [-0.3, -0.25) is 9.97 Å². The van der Waals surface area contributed by atoms with Crippen LogP contribution in [0, 0.1) is 0 Å². The lowest BCUT2D eigenvalue weighted by Crippen LogP contribution is -2.31. The van der Waals surface area contributed by atoms with E-state index in [4.69, 9.17) is 4.74 Å². The number of likely N-dealkylation sites (tertiary alicyclic amines) is 1.